The molecule has 1 N–H and O–H groups in total. The van der Waals surface area contributed by atoms with Crippen molar-refractivity contribution in [3.05, 3.63) is 54.1 Å². The summed E-state index contributed by atoms with van der Waals surface area (Å²) in [6.07, 6.45) is 0.974. The van der Waals surface area contributed by atoms with Gasteiger partial charge >= 0.3 is 0 Å². The summed E-state index contributed by atoms with van der Waals surface area (Å²) in [6, 6.07) is 15.3. The maximum absolute atomic E-state index is 12.1. The van der Waals surface area contributed by atoms with Gasteiger partial charge in [0.1, 0.15) is 13.2 Å². The number of amides is 1. The van der Waals surface area contributed by atoms with Crippen LogP contribution in [0, 0.1) is 0 Å². The summed E-state index contributed by atoms with van der Waals surface area (Å²) in [5.41, 5.74) is 2.11. The first-order valence-electron chi connectivity index (χ1n) is 9.09. The fraction of sp³-hybridized carbons (Fsp3) is 0.300. The minimum Gasteiger partial charge on any atom is -0.493 e. The first kappa shape index (κ1) is 19.3. The summed E-state index contributed by atoms with van der Waals surface area (Å²) >= 11 is 0. The smallest absolute Gasteiger partial charge is 0.243 e. The molecule has 1 aromatic heterocycles. The van der Waals surface area contributed by atoms with Gasteiger partial charge in [0.05, 0.1) is 13.7 Å². The van der Waals surface area contributed by atoms with Crippen LogP contribution in [0.15, 0.2) is 48.5 Å². The second kappa shape index (κ2) is 9.50. The number of rotatable bonds is 9. The number of methoxy groups -OCH3 is 1. The number of nitrogens with one attached hydrogen (secondary N) is 1. The van der Waals surface area contributed by atoms with Gasteiger partial charge < -0.3 is 14.8 Å². The van der Waals surface area contributed by atoms with Gasteiger partial charge in [0.2, 0.25) is 11.7 Å². The molecule has 0 radical (unpaired) electrons. The van der Waals surface area contributed by atoms with Crippen LogP contribution in [0.1, 0.15) is 12.5 Å². The van der Waals surface area contributed by atoms with Crippen molar-refractivity contribution in [1.29, 1.82) is 0 Å². The van der Waals surface area contributed by atoms with E-state index in [1.807, 2.05) is 48.5 Å². The molecule has 1 heterocycles. The number of aromatic nitrogens is 4. The van der Waals surface area contributed by atoms with Crippen LogP contribution in [-0.4, -0.2) is 46.4 Å². The summed E-state index contributed by atoms with van der Waals surface area (Å²) in [6.45, 7) is 2.78. The maximum Gasteiger partial charge on any atom is 0.243 e. The Morgan fingerprint density at radius 2 is 1.86 bits per heavy atom. The SMILES string of the molecule is CCc1ccc(-c2nnn(CC(=O)NCCOc3ccccc3OC)n2)cc1. The van der Waals surface area contributed by atoms with E-state index in [2.05, 4.69) is 27.7 Å². The Morgan fingerprint density at radius 1 is 1.11 bits per heavy atom. The Labute approximate surface area is 163 Å². The van der Waals surface area contributed by atoms with Gasteiger partial charge in [0.25, 0.3) is 0 Å². The number of hydrogen-bond donors (Lipinski definition) is 1. The molecule has 0 spiro atoms. The maximum atomic E-state index is 12.1. The highest BCUT2D eigenvalue weighted by Gasteiger charge is 2.09. The van der Waals surface area contributed by atoms with Crippen molar-refractivity contribution in [2.45, 2.75) is 19.9 Å². The summed E-state index contributed by atoms with van der Waals surface area (Å²) in [5.74, 6) is 1.57. The summed E-state index contributed by atoms with van der Waals surface area (Å²) in [5, 5.41) is 15.0. The van der Waals surface area contributed by atoms with Crippen LogP contribution in [0.25, 0.3) is 11.4 Å². The van der Waals surface area contributed by atoms with E-state index >= 15 is 0 Å². The Morgan fingerprint density at radius 3 is 2.57 bits per heavy atom. The molecule has 0 atom stereocenters. The predicted octanol–water partition coefficient (Wildman–Crippen LogP) is 2.11. The third-order valence-electron chi connectivity index (χ3n) is 4.11. The summed E-state index contributed by atoms with van der Waals surface area (Å²) in [7, 11) is 1.58. The van der Waals surface area contributed by atoms with Crippen LogP contribution in [-0.2, 0) is 17.8 Å². The number of tetrazole rings is 1. The van der Waals surface area contributed by atoms with Crippen molar-refractivity contribution >= 4 is 5.91 Å². The molecule has 0 unspecified atom stereocenters. The lowest BCUT2D eigenvalue weighted by Gasteiger charge is -2.10. The average Bonchev–Trinajstić information content (AvgIpc) is 3.20. The van der Waals surface area contributed by atoms with Crippen LogP contribution in [0.3, 0.4) is 0 Å². The van der Waals surface area contributed by atoms with Gasteiger partial charge in [0, 0.05) is 5.56 Å². The number of ether oxygens (including phenoxy) is 2. The Kier molecular flexibility index (Phi) is 6.56. The van der Waals surface area contributed by atoms with Gasteiger partial charge in [-0.15, -0.1) is 10.2 Å². The van der Waals surface area contributed by atoms with E-state index in [9.17, 15) is 4.79 Å². The number of benzene rings is 2. The fourth-order valence-corrected chi connectivity index (χ4v) is 2.59. The number of carbonyl (C=O) groups excluding carboxylic acids is 1. The van der Waals surface area contributed by atoms with Crippen molar-refractivity contribution in [3.8, 4) is 22.9 Å². The molecule has 0 bridgehead atoms. The lowest BCUT2D eigenvalue weighted by molar-refractivity contribution is -0.122. The number of para-hydroxylation sites is 2. The first-order chi connectivity index (χ1) is 13.7. The second-order valence-electron chi connectivity index (χ2n) is 6.04. The third-order valence-corrected chi connectivity index (χ3v) is 4.11. The molecule has 8 nitrogen and oxygen atoms in total. The van der Waals surface area contributed by atoms with E-state index in [4.69, 9.17) is 9.47 Å². The van der Waals surface area contributed by atoms with Crippen molar-refractivity contribution in [2.75, 3.05) is 20.3 Å². The normalized spacial score (nSPS) is 10.5. The van der Waals surface area contributed by atoms with Crippen LogP contribution in [0.2, 0.25) is 0 Å². The van der Waals surface area contributed by atoms with Crippen LogP contribution < -0.4 is 14.8 Å². The molecule has 0 aliphatic carbocycles. The Bertz CT molecular complexity index is 908. The van der Waals surface area contributed by atoms with Gasteiger partial charge in [-0.2, -0.15) is 4.80 Å². The number of hydrogen-bond acceptors (Lipinski definition) is 6. The van der Waals surface area contributed by atoms with E-state index in [0.717, 1.165) is 12.0 Å². The second-order valence-corrected chi connectivity index (χ2v) is 6.04. The molecule has 146 valence electrons. The van der Waals surface area contributed by atoms with Crippen molar-refractivity contribution in [3.63, 3.8) is 0 Å². The summed E-state index contributed by atoms with van der Waals surface area (Å²) in [4.78, 5) is 13.3. The van der Waals surface area contributed by atoms with E-state index in [1.54, 1.807) is 7.11 Å². The van der Waals surface area contributed by atoms with E-state index in [-0.39, 0.29) is 12.5 Å². The minimum absolute atomic E-state index is 0.00526. The third kappa shape index (κ3) is 5.06. The standard InChI is InChI=1S/C20H23N5O3/c1-3-15-8-10-16(11-9-15)20-22-24-25(23-20)14-19(26)21-12-13-28-18-7-5-4-6-17(18)27-2/h4-11H,3,12-14H2,1-2H3,(H,21,26). The highest BCUT2D eigenvalue weighted by atomic mass is 16.5. The van der Waals surface area contributed by atoms with Gasteiger partial charge in [-0.25, -0.2) is 0 Å². The zero-order valence-corrected chi connectivity index (χ0v) is 16.0. The highest BCUT2D eigenvalue weighted by molar-refractivity contribution is 5.75. The molecular formula is C20H23N5O3. The zero-order chi connectivity index (χ0) is 19.8. The Balaban J connectivity index is 1.45. The highest BCUT2D eigenvalue weighted by Crippen LogP contribution is 2.25. The molecule has 0 saturated heterocycles. The van der Waals surface area contributed by atoms with Crippen molar-refractivity contribution in [1.82, 2.24) is 25.5 Å². The molecule has 0 fully saturated rings. The van der Waals surface area contributed by atoms with Gasteiger partial charge in [-0.1, -0.05) is 43.3 Å². The lowest BCUT2D eigenvalue weighted by atomic mass is 10.1. The van der Waals surface area contributed by atoms with Crippen molar-refractivity contribution < 1.29 is 14.3 Å². The average molecular weight is 381 g/mol. The van der Waals surface area contributed by atoms with Gasteiger partial charge in [-0.3, -0.25) is 4.79 Å². The van der Waals surface area contributed by atoms with Gasteiger partial charge in [0.15, 0.2) is 11.5 Å². The van der Waals surface area contributed by atoms with Gasteiger partial charge in [-0.05, 0) is 29.3 Å². The van der Waals surface area contributed by atoms with Crippen LogP contribution >= 0.6 is 0 Å². The molecular weight excluding hydrogens is 358 g/mol. The molecule has 1 amide bonds. The first-order valence-corrected chi connectivity index (χ1v) is 9.09. The summed E-state index contributed by atoms with van der Waals surface area (Å²) < 4.78 is 10.8. The molecule has 0 aliphatic heterocycles. The topological polar surface area (TPSA) is 91.2 Å². The monoisotopic (exact) mass is 381 g/mol. The Hall–Kier alpha value is -3.42. The molecule has 0 aliphatic rings. The van der Waals surface area contributed by atoms with Crippen LogP contribution in [0.5, 0.6) is 11.5 Å². The predicted molar refractivity (Wildman–Crippen MR) is 104 cm³/mol. The molecule has 3 aromatic rings. The molecule has 28 heavy (non-hydrogen) atoms. The number of aryl methyl sites for hydroxylation is 1. The quantitative estimate of drug-likeness (QED) is 0.571. The number of carbonyl (C=O) groups is 1. The van der Waals surface area contributed by atoms with E-state index in [0.29, 0.717) is 30.5 Å². The molecule has 8 heteroatoms. The molecule has 2 aromatic carbocycles. The molecule has 0 saturated carbocycles. The van der Waals surface area contributed by atoms with Crippen LogP contribution in [0.4, 0.5) is 0 Å². The zero-order valence-electron chi connectivity index (χ0n) is 16.0. The molecule has 3 rings (SSSR count). The lowest BCUT2D eigenvalue weighted by Crippen LogP contribution is -2.31. The minimum atomic E-state index is -0.214. The van der Waals surface area contributed by atoms with E-state index < -0.39 is 0 Å². The largest absolute Gasteiger partial charge is 0.493 e. The van der Waals surface area contributed by atoms with Crippen molar-refractivity contribution in [2.24, 2.45) is 0 Å². The number of nitrogens with zero attached hydrogens (tertiary/aromatic N) is 4. The fourth-order valence-electron chi connectivity index (χ4n) is 2.59. The van der Waals surface area contributed by atoms with E-state index in [1.165, 1.54) is 10.4 Å².